The van der Waals surface area contributed by atoms with Crippen LogP contribution in [-0.2, 0) is 12.7 Å². The topological polar surface area (TPSA) is 99.1 Å². The van der Waals surface area contributed by atoms with E-state index >= 15 is 0 Å². The van der Waals surface area contributed by atoms with Crippen LogP contribution >= 0.6 is 20.4 Å². The van der Waals surface area contributed by atoms with Crippen molar-refractivity contribution in [2.45, 2.75) is 26.2 Å². The third kappa shape index (κ3) is 11.4. The summed E-state index contributed by atoms with van der Waals surface area (Å²) in [5.74, 6) is 0. The Bertz CT molecular complexity index is 1160. The molecule has 0 unspecified atom stereocenters. The van der Waals surface area contributed by atoms with Crippen LogP contribution in [0.3, 0.4) is 0 Å². The second-order valence-electron chi connectivity index (χ2n) is 8.08. The summed E-state index contributed by atoms with van der Waals surface area (Å²) in [7, 11) is 0.705. The van der Waals surface area contributed by atoms with Gasteiger partial charge in [0, 0.05) is 24.8 Å². The van der Waals surface area contributed by atoms with E-state index in [0.717, 1.165) is 43.1 Å². The molecule has 0 aromatic carbocycles. The van der Waals surface area contributed by atoms with Crippen molar-refractivity contribution < 1.29 is 12.7 Å². The first kappa shape index (κ1) is 30.5. The first-order valence-electron chi connectivity index (χ1n) is 11.4. The van der Waals surface area contributed by atoms with Crippen molar-refractivity contribution in [1.29, 1.82) is 10.5 Å². The van der Waals surface area contributed by atoms with Crippen LogP contribution in [0.25, 0.3) is 22.8 Å². The van der Waals surface area contributed by atoms with Gasteiger partial charge in [0.25, 0.3) is 0 Å². The average molecular weight is 601 g/mol. The molecule has 0 fully saturated rings. The van der Waals surface area contributed by atoms with Gasteiger partial charge in [-0.15, -0.1) is 0 Å². The Hall–Kier alpha value is -2.77. The van der Waals surface area contributed by atoms with Gasteiger partial charge in [-0.25, -0.2) is 0 Å². The molecule has 0 saturated carbocycles. The van der Waals surface area contributed by atoms with Gasteiger partial charge >= 0.3 is 54.4 Å². The van der Waals surface area contributed by atoms with Crippen molar-refractivity contribution in [1.82, 2.24) is 19.9 Å². The summed E-state index contributed by atoms with van der Waals surface area (Å²) in [6.45, 7) is 9.21. The van der Waals surface area contributed by atoms with Gasteiger partial charge in [-0.05, 0) is 46.8 Å². The van der Waals surface area contributed by atoms with Crippen LogP contribution in [0.5, 0.6) is 0 Å². The van der Waals surface area contributed by atoms with Gasteiger partial charge in [-0.3, -0.25) is 19.9 Å². The van der Waals surface area contributed by atoms with Crippen LogP contribution in [0.2, 0.25) is 26.2 Å². The van der Waals surface area contributed by atoms with Crippen LogP contribution in [0.4, 0.5) is 0 Å². The second kappa shape index (κ2) is 17.6. The average Bonchev–Trinajstić information content (AvgIpc) is 2.95. The van der Waals surface area contributed by atoms with Crippen molar-refractivity contribution in [2.24, 2.45) is 0 Å². The molecule has 190 valence electrons. The van der Waals surface area contributed by atoms with Gasteiger partial charge in [-0.2, -0.15) is 0 Å². The molecule has 0 aliphatic rings. The molecule has 0 radical (unpaired) electrons. The number of nitrogens with zero attached hydrogens (tertiary/aromatic N) is 6. The molecule has 4 aromatic heterocycles. The maximum atomic E-state index is 7.88. The molecular formula is C26H28FeN6S2Si2. The predicted octanol–water partition coefficient (Wildman–Crippen LogP) is 5.00. The Kier molecular flexibility index (Phi) is 14.5. The number of pyridine rings is 4. The minimum atomic E-state index is -0.726. The fourth-order valence-corrected chi connectivity index (χ4v) is 6.06. The zero-order valence-corrected chi connectivity index (χ0v) is 26.1. The number of hydrogen-bond donors (Lipinski definition) is 0. The van der Waals surface area contributed by atoms with Gasteiger partial charge < -0.3 is 0 Å². The molecule has 0 atom stereocenters. The summed E-state index contributed by atoms with van der Waals surface area (Å²) in [5.41, 5.74) is 3.78. The van der Waals surface area contributed by atoms with E-state index in [-0.39, 0.29) is 0 Å². The minimum absolute atomic E-state index is 0.549. The fourth-order valence-electron chi connectivity index (χ4n) is 2.87. The summed E-state index contributed by atoms with van der Waals surface area (Å²) >= 11 is 0.549. The summed E-state index contributed by atoms with van der Waals surface area (Å²) in [6.07, 6.45) is 7.56. The quantitative estimate of drug-likeness (QED) is 0.173. The van der Waals surface area contributed by atoms with E-state index in [4.69, 9.17) is 10.5 Å². The van der Waals surface area contributed by atoms with Crippen molar-refractivity contribution in [3.63, 3.8) is 0 Å². The number of rotatable bonds is 6. The number of hydrogen-bond acceptors (Lipinski definition) is 8. The molecule has 11 heteroatoms. The predicted molar refractivity (Wildman–Crippen MR) is 158 cm³/mol. The van der Waals surface area contributed by atoms with Crippen molar-refractivity contribution >= 4 is 48.3 Å². The SMILES string of the molecule is C[SiH](C)c1ccc(-c2ccccn2)nc1.C[SiH](C)c1ccc(-c2ccccn2)nc1.N#C[S][Fe][S]C#N. The van der Waals surface area contributed by atoms with Gasteiger partial charge in [0.05, 0.1) is 40.4 Å². The van der Waals surface area contributed by atoms with E-state index in [1.807, 2.05) is 59.6 Å². The van der Waals surface area contributed by atoms with Gasteiger partial charge in [-0.1, -0.05) is 50.5 Å². The second-order valence-corrected chi connectivity index (χ2v) is 18.2. The normalized spacial score (nSPS) is 9.95. The third-order valence-corrected chi connectivity index (χ3v) is 11.1. The van der Waals surface area contributed by atoms with Gasteiger partial charge in [0.2, 0.25) is 0 Å². The van der Waals surface area contributed by atoms with Crippen LogP contribution in [-0.4, -0.2) is 37.5 Å². The number of aromatic nitrogens is 4. The van der Waals surface area contributed by atoms with Crippen LogP contribution in [0.1, 0.15) is 0 Å². The molecule has 6 nitrogen and oxygen atoms in total. The molecule has 4 rings (SSSR count). The molecule has 4 heterocycles. The standard InChI is InChI=1S/2C12H14N2Si.2CHNS.Fe/c2*1-15(2)10-6-7-12(14-9-10)11-5-3-4-8-13-11;2*2-1-3;/h2*3-9,15H,1-2H3;2*3H;/q;;;;+2/p-2. The van der Waals surface area contributed by atoms with E-state index in [1.165, 1.54) is 10.4 Å². The van der Waals surface area contributed by atoms with Gasteiger partial charge in [0.1, 0.15) is 0 Å². The maximum absolute atomic E-state index is 7.88. The third-order valence-electron chi connectivity index (χ3n) is 4.88. The monoisotopic (exact) mass is 600 g/mol. The first-order chi connectivity index (χ1) is 18.0. The summed E-state index contributed by atoms with van der Waals surface area (Å²) in [5, 5.41) is 22.3. The molecule has 37 heavy (non-hydrogen) atoms. The summed E-state index contributed by atoms with van der Waals surface area (Å²) in [4.78, 5) is 17.4. The summed E-state index contributed by atoms with van der Waals surface area (Å²) < 4.78 is 0. The Balaban J connectivity index is 0.000000210. The van der Waals surface area contributed by atoms with Crippen LogP contribution < -0.4 is 10.4 Å². The number of thiocyanates is 2. The number of nitriles is 2. The zero-order valence-electron chi connectivity index (χ0n) is 21.1. The van der Waals surface area contributed by atoms with Crippen LogP contribution in [0, 0.1) is 21.3 Å². The van der Waals surface area contributed by atoms with E-state index in [2.05, 4.69) is 70.4 Å². The Morgan fingerprint density at radius 3 is 1.27 bits per heavy atom. The molecule has 0 N–H and O–H groups in total. The Morgan fingerprint density at radius 1 is 0.595 bits per heavy atom. The van der Waals surface area contributed by atoms with E-state index in [1.54, 1.807) is 12.4 Å². The van der Waals surface area contributed by atoms with Crippen molar-refractivity contribution in [3.8, 4) is 33.6 Å². The first-order valence-corrected chi connectivity index (χ1v) is 21.3. The molecule has 0 spiro atoms. The zero-order chi connectivity index (χ0) is 26.9. The molecule has 4 aromatic rings. The fraction of sp³-hybridized carbons (Fsp3) is 0.154. The van der Waals surface area contributed by atoms with Gasteiger partial charge in [0.15, 0.2) is 0 Å². The molecule has 0 aliphatic carbocycles. The molecule has 0 amide bonds. The van der Waals surface area contributed by atoms with E-state index in [0.29, 0.717) is 12.7 Å². The van der Waals surface area contributed by atoms with Crippen molar-refractivity contribution in [2.75, 3.05) is 0 Å². The summed E-state index contributed by atoms with van der Waals surface area (Å²) in [6, 6.07) is 20.2. The Labute approximate surface area is 235 Å². The Morgan fingerprint density at radius 2 is 1.00 bits per heavy atom. The molecule has 0 aliphatic heterocycles. The molecule has 0 saturated heterocycles. The van der Waals surface area contributed by atoms with E-state index < -0.39 is 17.6 Å². The van der Waals surface area contributed by atoms with Crippen LogP contribution in [0.15, 0.2) is 85.5 Å². The molecule has 0 bridgehead atoms. The molecular weight excluding hydrogens is 572 g/mol. The van der Waals surface area contributed by atoms with Crippen molar-refractivity contribution in [3.05, 3.63) is 85.5 Å². The van der Waals surface area contributed by atoms with E-state index in [9.17, 15) is 0 Å².